The summed E-state index contributed by atoms with van der Waals surface area (Å²) in [7, 11) is 0. The molecule has 0 fully saturated rings. The Morgan fingerprint density at radius 1 is 1.06 bits per heavy atom. The van der Waals surface area contributed by atoms with Crippen LogP contribution in [-0.2, 0) is 4.79 Å². The molecule has 0 aliphatic heterocycles. The van der Waals surface area contributed by atoms with Crippen LogP contribution in [0.4, 0.5) is 5.69 Å². The van der Waals surface area contributed by atoms with Gasteiger partial charge in [-0.3, -0.25) is 9.59 Å². The number of H-pyrrole nitrogens is 1. The first kappa shape index (κ1) is 22.3. The summed E-state index contributed by atoms with van der Waals surface area (Å²) in [5.74, 6) is 1.09. The molecule has 2 unspecified atom stereocenters. The second-order valence-electron chi connectivity index (χ2n) is 7.32. The highest BCUT2D eigenvalue weighted by molar-refractivity contribution is 5.88. The average Bonchev–Trinajstić information content (AvgIpc) is 2.76. The number of rotatable bonds is 10. The minimum atomic E-state index is -0.731. The number of carbonyl (C=O) groups is 1. The molecule has 0 radical (unpaired) electrons. The summed E-state index contributed by atoms with van der Waals surface area (Å²) in [5.41, 5.74) is 0.535. The minimum absolute atomic E-state index is 0.00131. The van der Waals surface area contributed by atoms with Crippen molar-refractivity contribution in [3.05, 3.63) is 65.1 Å². The van der Waals surface area contributed by atoms with Gasteiger partial charge in [-0.05, 0) is 37.3 Å². The molecule has 2 atom stereocenters. The molecular formula is C23H27N3O5. The number of aromatic nitrogens is 1. The van der Waals surface area contributed by atoms with E-state index in [1.807, 2.05) is 19.1 Å². The number of nitrogens with one attached hydrogen (secondary N) is 3. The van der Waals surface area contributed by atoms with E-state index in [9.17, 15) is 14.7 Å². The van der Waals surface area contributed by atoms with Crippen molar-refractivity contribution in [2.75, 3.05) is 25.1 Å². The molecular weight excluding hydrogens is 398 g/mol. The normalized spacial score (nSPS) is 12.9. The maximum Gasteiger partial charge on any atom is 0.256 e. The van der Waals surface area contributed by atoms with Gasteiger partial charge in [0.25, 0.3) is 5.56 Å². The molecule has 8 nitrogen and oxygen atoms in total. The number of hydrogen-bond donors (Lipinski definition) is 4. The van der Waals surface area contributed by atoms with Crippen LogP contribution in [0.2, 0.25) is 0 Å². The molecule has 0 spiro atoms. The number of aliphatic hydroxyl groups excluding tert-OH is 1. The molecule has 1 amide bonds. The third kappa shape index (κ3) is 6.56. The van der Waals surface area contributed by atoms with Crippen LogP contribution in [-0.4, -0.2) is 47.9 Å². The Morgan fingerprint density at radius 2 is 1.77 bits per heavy atom. The quantitative estimate of drug-likeness (QED) is 0.396. The van der Waals surface area contributed by atoms with Gasteiger partial charge in [-0.1, -0.05) is 18.2 Å². The van der Waals surface area contributed by atoms with Crippen molar-refractivity contribution in [2.24, 2.45) is 0 Å². The zero-order valence-electron chi connectivity index (χ0n) is 17.6. The first-order valence-electron chi connectivity index (χ1n) is 10.1. The number of fused-ring (bicyclic) bond motifs is 1. The van der Waals surface area contributed by atoms with Crippen molar-refractivity contribution < 1.29 is 19.4 Å². The first-order chi connectivity index (χ1) is 14.9. The number of ether oxygens (including phenoxy) is 2. The van der Waals surface area contributed by atoms with E-state index in [0.717, 1.165) is 0 Å². The fraction of sp³-hybridized carbons (Fsp3) is 0.304. The third-order valence-corrected chi connectivity index (χ3v) is 4.58. The molecule has 8 heteroatoms. The van der Waals surface area contributed by atoms with Gasteiger partial charge in [0.15, 0.2) is 0 Å². The first-order valence-corrected chi connectivity index (χ1v) is 10.1. The Bertz CT molecular complexity index is 1060. The van der Waals surface area contributed by atoms with Gasteiger partial charge in [0, 0.05) is 36.8 Å². The molecule has 0 aliphatic carbocycles. The van der Waals surface area contributed by atoms with Gasteiger partial charge in [0.2, 0.25) is 5.91 Å². The maximum atomic E-state index is 11.9. The van der Waals surface area contributed by atoms with Gasteiger partial charge in [-0.2, -0.15) is 0 Å². The minimum Gasteiger partial charge on any atom is -0.492 e. The van der Waals surface area contributed by atoms with E-state index in [1.54, 1.807) is 36.4 Å². The van der Waals surface area contributed by atoms with E-state index in [2.05, 4.69) is 15.6 Å². The highest BCUT2D eigenvalue weighted by atomic mass is 16.5. The number of hydrogen-bond acceptors (Lipinski definition) is 6. The fourth-order valence-electron chi connectivity index (χ4n) is 3.00. The monoisotopic (exact) mass is 425 g/mol. The van der Waals surface area contributed by atoms with E-state index < -0.39 is 6.10 Å². The Hall–Kier alpha value is -3.36. The standard InChI is InChI=1S/C23H27N3O5/c1-15(13-30-19-9-7-17(8-10-19)26-16(2)27)24-11-18(28)14-31-22-12-25-23(29)21-6-4-3-5-20(21)22/h3-10,12,15,18,24,28H,11,13-14H2,1-2H3,(H,25,29)(H,26,27). The van der Waals surface area contributed by atoms with Crippen LogP contribution in [0.1, 0.15) is 13.8 Å². The third-order valence-electron chi connectivity index (χ3n) is 4.58. The summed E-state index contributed by atoms with van der Waals surface area (Å²) < 4.78 is 11.4. The molecule has 0 saturated carbocycles. The number of anilines is 1. The van der Waals surface area contributed by atoms with Crippen molar-refractivity contribution in [2.45, 2.75) is 26.0 Å². The van der Waals surface area contributed by atoms with Gasteiger partial charge in [-0.25, -0.2) is 0 Å². The molecule has 3 aromatic rings. The topological polar surface area (TPSA) is 113 Å². The van der Waals surface area contributed by atoms with Crippen molar-refractivity contribution in [3.8, 4) is 11.5 Å². The summed E-state index contributed by atoms with van der Waals surface area (Å²) in [6.07, 6.45) is 0.781. The lowest BCUT2D eigenvalue weighted by molar-refractivity contribution is -0.114. The molecule has 1 heterocycles. The summed E-state index contributed by atoms with van der Waals surface area (Å²) in [6.45, 7) is 4.24. The molecule has 1 aromatic heterocycles. The molecule has 31 heavy (non-hydrogen) atoms. The van der Waals surface area contributed by atoms with E-state index in [0.29, 0.717) is 41.1 Å². The van der Waals surface area contributed by atoms with E-state index in [-0.39, 0.29) is 24.1 Å². The average molecular weight is 425 g/mol. The molecule has 164 valence electrons. The van der Waals surface area contributed by atoms with Gasteiger partial charge in [0.1, 0.15) is 30.8 Å². The van der Waals surface area contributed by atoms with Crippen molar-refractivity contribution >= 4 is 22.4 Å². The van der Waals surface area contributed by atoms with Gasteiger partial charge >= 0.3 is 0 Å². The second kappa shape index (κ2) is 10.6. The van der Waals surface area contributed by atoms with Crippen molar-refractivity contribution in [3.63, 3.8) is 0 Å². The number of aliphatic hydroxyl groups is 1. The largest absolute Gasteiger partial charge is 0.492 e. The Kier molecular flexibility index (Phi) is 7.64. The van der Waals surface area contributed by atoms with Crippen LogP contribution < -0.4 is 25.7 Å². The number of benzene rings is 2. The SMILES string of the molecule is CC(=O)Nc1ccc(OCC(C)NCC(O)COc2c[nH]c(=O)c3ccccc23)cc1. The second-order valence-corrected chi connectivity index (χ2v) is 7.32. The predicted molar refractivity (Wildman–Crippen MR) is 120 cm³/mol. The lowest BCUT2D eigenvalue weighted by atomic mass is 10.1. The number of amides is 1. The van der Waals surface area contributed by atoms with Gasteiger partial charge in [0.05, 0.1) is 5.39 Å². The van der Waals surface area contributed by atoms with Crippen LogP contribution in [0.3, 0.4) is 0 Å². The highest BCUT2D eigenvalue weighted by Crippen LogP contribution is 2.21. The summed E-state index contributed by atoms with van der Waals surface area (Å²) in [6, 6.07) is 14.3. The smallest absolute Gasteiger partial charge is 0.256 e. The zero-order valence-corrected chi connectivity index (χ0v) is 17.6. The van der Waals surface area contributed by atoms with Crippen molar-refractivity contribution in [1.29, 1.82) is 0 Å². The van der Waals surface area contributed by atoms with E-state index >= 15 is 0 Å². The highest BCUT2D eigenvalue weighted by Gasteiger charge is 2.11. The van der Waals surface area contributed by atoms with Gasteiger partial charge < -0.3 is 30.2 Å². The van der Waals surface area contributed by atoms with Crippen molar-refractivity contribution in [1.82, 2.24) is 10.3 Å². The van der Waals surface area contributed by atoms with Crippen LogP contribution in [0.5, 0.6) is 11.5 Å². The number of carbonyl (C=O) groups excluding carboxylic acids is 1. The van der Waals surface area contributed by atoms with Crippen LogP contribution >= 0.6 is 0 Å². The lowest BCUT2D eigenvalue weighted by Crippen LogP contribution is -2.39. The zero-order chi connectivity index (χ0) is 22.2. The molecule has 2 aromatic carbocycles. The Labute approximate surface area is 180 Å². The molecule has 3 rings (SSSR count). The molecule has 0 aliphatic rings. The van der Waals surface area contributed by atoms with Crippen LogP contribution in [0, 0.1) is 0 Å². The summed E-state index contributed by atoms with van der Waals surface area (Å²) in [5, 5.41) is 17.4. The molecule has 4 N–H and O–H groups in total. The Balaban J connectivity index is 1.41. The number of aromatic amines is 1. The van der Waals surface area contributed by atoms with E-state index in [1.165, 1.54) is 13.1 Å². The maximum absolute atomic E-state index is 11.9. The summed E-state index contributed by atoms with van der Waals surface area (Å²) >= 11 is 0. The Morgan fingerprint density at radius 3 is 2.48 bits per heavy atom. The van der Waals surface area contributed by atoms with Crippen LogP contribution in [0.25, 0.3) is 10.8 Å². The lowest BCUT2D eigenvalue weighted by Gasteiger charge is -2.18. The summed E-state index contributed by atoms with van der Waals surface area (Å²) in [4.78, 5) is 25.6. The van der Waals surface area contributed by atoms with E-state index in [4.69, 9.17) is 9.47 Å². The van der Waals surface area contributed by atoms with Gasteiger partial charge in [-0.15, -0.1) is 0 Å². The molecule has 0 bridgehead atoms. The predicted octanol–water partition coefficient (Wildman–Crippen LogP) is 2.28. The van der Waals surface area contributed by atoms with Crippen LogP contribution in [0.15, 0.2) is 59.5 Å². The molecule has 0 saturated heterocycles. The fourth-order valence-corrected chi connectivity index (χ4v) is 3.00. The number of pyridine rings is 1.